The van der Waals surface area contributed by atoms with Gasteiger partial charge in [0.15, 0.2) is 6.23 Å². The summed E-state index contributed by atoms with van der Waals surface area (Å²) < 4.78 is 11.7. The predicted octanol–water partition coefficient (Wildman–Crippen LogP) is 6.10. The van der Waals surface area contributed by atoms with E-state index in [4.69, 9.17) is 9.47 Å². The Kier molecular flexibility index (Phi) is 11.1. The summed E-state index contributed by atoms with van der Waals surface area (Å²) in [5, 5.41) is 3.07. The number of urea groups is 1. The summed E-state index contributed by atoms with van der Waals surface area (Å²) in [5.41, 5.74) is 1.79. The summed E-state index contributed by atoms with van der Waals surface area (Å²) in [6, 6.07) is 14.1. The predicted molar refractivity (Wildman–Crippen MR) is 156 cm³/mol. The van der Waals surface area contributed by atoms with Crippen molar-refractivity contribution in [1.29, 1.82) is 0 Å². The molecular weight excluding hydrogens is 506 g/mol. The molecule has 1 fully saturated rings. The fraction of sp³-hybridized carbons (Fsp3) is 0.531. The second-order valence-electron chi connectivity index (χ2n) is 10.9. The van der Waals surface area contributed by atoms with Crippen molar-refractivity contribution in [1.82, 2.24) is 15.1 Å². The minimum Gasteiger partial charge on any atom is -0.469 e. The SMILES string of the molecule is CCC[C@H](NC(=O)N1C(=O)C(CC)(CC)[C@@H]1Oc1ccc(C(=O)OCCCCN(C)C)cc1)c1ccc(C)cc1. The van der Waals surface area contributed by atoms with Gasteiger partial charge < -0.3 is 19.7 Å². The lowest BCUT2D eigenvalue weighted by atomic mass is 9.72. The lowest BCUT2D eigenvalue weighted by Gasteiger charge is -2.53. The van der Waals surface area contributed by atoms with Crippen LogP contribution in [-0.4, -0.2) is 61.2 Å². The third-order valence-corrected chi connectivity index (χ3v) is 7.76. The molecule has 0 unspecified atom stereocenters. The molecule has 218 valence electrons. The highest BCUT2D eigenvalue weighted by Crippen LogP contribution is 2.46. The molecule has 40 heavy (non-hydrogen) atoms. The first-order chi connectivity index (χ1) is 19.2. The van der Waals surface area contributed by atoms with Gasteiger partial charge in [-0.15, -0.1) is 0 Å². The summed E-state index contributed by atoms with van der Waals surface area (Å²) in [4.78, 5) is 42.6. The summed E-state index contributed by atoms with van der Waals surface area (Å²) >= 11 is 0. The molecule has 1 heterocycles. The lowest BCUT2D eigenvalue weighted by Crippen LogP contribution is -2.73. The number of aryl methyl sites for hydroxylation is 1. The Morgan fingerprint density at radius 2 is 1.65 bits per heavy atom. The molecule has 3 rings (SSSR count). The van der Waals surface area contributed by atoms with E-state index in [-0.39, 0.29) is 17.9 Å². The van der Waals surface area contributed by atoms with E-state index in [0.29, 0.717) is 30.8 Å². The molecule has 0 radical (unpaired) electrons. The van der Waals surface area contributed by atoms with E-state index in [0.717, 1.165) is 43.4 Å². The van der Waals surface area contributed by atoms with Crippen LogP contribution in [0.15, 0.2) is 48.5 Å². The minimum absolute atomic E-state index is 0.210. The Morgan fingerprint density at radius 3 is 2.23 bits per heavy atom. The van der Waals surface area contributed by atoms with Gasteiger partial charge >= 0.3 is 12.0 Å². The molecule has 8 heteroatoms. The number of esters is 1. The van der Waals surface area contributed by atoms with Gasteiger partial charge in [0.2, 0.25) is 5.91 Å². The molecule has 8 nitrogen and oxygen atoms in total. The van der Waals surface area contributed by atoms with E-state index in [1.807, 2.05) is 59.1 Å². The van der Waals surface area contributed by atoms with Gasteiger partial charge in [0.1, 0.15) is 11.2 Å². The Labute approximate surface area is 239 Å². The van der Waals surface area contributed by atoms with Crippen LogP contribution in [-0.2, 0) is 9.53 Å². The van der Waals surface area contributed by atoms with E-state index in [1.54, 1.807) is 24.3 Å². The van der Waals surface area contributed by atoms with Crippen molar-refractivity contribution in [2.24, 2.45) is 5.41 Å². The van der Waals surface area contributed by atoms with Gasteiger partial charge in [-0.3, -0.25) is 4.79 Å². The molecule has 3 amide bonds. The number of nitrogens with zero attached hydrogens (tertiary/aromatic N) is 2. The van der Waals surface area contributed by atoms with Gasteiger partial charge in [0.05, 0.1) is 18.2 Å². The summed E-state index contributed by atoms with van der Waals surface area (Å²) in [5.74, 6) is -0.132. The highest BCUT2D eigenvalue weighted by atomic mass is 16.5. The number of imide groups is 1. The molecule has 2 aromatic rings. The number of hydrogen-bond acceptors (Lipinski definition) is 6. The molecule has 1 aliphatic heterocycles. The van der Waals surface area contributed by atoms with E-state index in [9.17, 15) is 14.4 Å². The first kappa shape index (κ1) is 31.1. The molecular formula is C32H45N3O5. The number of benzene rings is 2. The van der Waals surface area contributed by atoms with Gasteiger partial charge in [0, 0.05) is 0 Å². The van der Waals surface area contributed by atoms with Gasteiger partial charge in [0.25, 0.3) is 0 Å². The number of unbranched alkanes of at least 4 members (excludes halogenated alkanes) is 1. The number of β-lactam (4-membered cyclic amide) rings is 1. The van der Waals surface area contributed by atoms with Gasteiger partial charge in [-0.2, -0.15) is 0 Å². The number of hydrogen-bond donors (Lipinski definition) is 1. The van der Waals surface area contributed by atoms with E-state index >= 15 is 0 Å². The number of amides is 3. The molecule has 2 atom stereocenters. The number of rotatable bonds is 14. The minimum atomic E-state index is -0.786. The second-order valence-corrected chi connectivity index (χ2v) is 10.9. The average Bonchev–Trinajstić information content (AvgIpc) is 2.94. The van der Waals surface area contributed by atoms with Crippen molar-refractivity contribution in [3.8, 4) is 5.75 Å². The number of ether oxygens (including phenoxy) is 2. The standard InChI is InChI=1S/C32H45N3O5/c1-7-12-27(24-15-13-23(4)14-16-24)33-31(38)35-29(37)32(8-2,9-3)30(35)40-26-19-17-25(18-20-26)28(36)39-22-11-10-21-34(5)6/h13-20,27,30H,7-12,21-22H2,1-6H3,(H,33,38)/t27-,30-/m0/s1. The van der Waals surface area contributed by atoms with Crippen molar-refractivity contribution in [3.05, 3.63) is 65.2 Å². The van der Waals surface area contributed by atoms with Crippen molar-refractivity contribution in [3.63, 3.8) is 0 Å². The molecule has 1 N–H and O–H groups in total. The van der Waals surface area contributed by atoms with Crippen LogP contribution in [0.25, 0.3) is 0 Å². The summed E-state index contributed by atoms with van der Waals surface area (Å²) in [7, 11) is 4.03. The third-order valence-electron chi connectivity index (χ3n) is 7.76. The van der Waals surface area contributed by atoms with Crippen LogP contribution in [0.3, 0.4) is 0 Å². The maximum atomic E-state index is 13.5. The third kappa shape index (κ3) is 7.22. The summed E-state index contributed by atoms with van der Waals surface area (Å²) in [6.07, 6.45) is 3.74. The lowest BCUT2D eigenvalue weighted by molar-refractivity contribution is -0.191. The molecule has 0 spiro atoms. The normalized spacial score (nSPS) is 16.8. The average molecular weight is 552 g/mol. The van der Waals surface area contributed by atoms with Crippen LogP contribution >= 0.6 is 0 Å². The van der Waals surface area contributed by atoms with E-state index in [2.05, 4.69) is 17.1 Å². The van der Waals surface area contributed by atoms with E-state index < -0.39 is 17.7 Å². The summed E-state index contributed by atoms with van der Waals surface area (Å²) in [6.45, 7) is 9.29. The Morgan fingerprint density at radius 1 is 1.00 bits per heavy atom. The highest BCUT2D eigenvalue weighted by molar-refractivity contribution is 6.03. The van der Waals surface area contributed by atoms with Crippen LogP contribution in [0.5, 0.6) is 5.75 Å². The number of carbonyl (C=O) groups is 3. The molecule has 0 bridgehead atoms. The zero-order valence-electron chi connectivity index (χ0n) is 24.9. The fourth-order valence-corrected chi connectivity index (χ4v) is 5.10. The van der Waals surface area contributed by atoms with Gasteiger partial charge in [-0.25, -0.2) is 14.5 Å². The maximum absolute atomic E-state index is 13.5. The number of nitrogens with one attached hydrogen (secondary N) is 1. The van der Waals surface area contributed by atoms with Crippen molar-refractivity contribution >= 4 is 17.9 Å². The first-order valence-corrected chi connectivity index (χ1v) is 14.5. The topological polar surface area (TPSA) is 88.2 Å². The molecule has 0 saturated carbocycles. The Bertz CT molecular complexity index is 1130. The molecule has 1 aliphatic rings. The second kappa shape index (κ2) is 14.3. The first-order valence-electron chi connectivity index (χ1n) is 14.5. The van der Waals surface area contributed by atoms with Crippen molar-refractivity contribution in [2.45, 2.75) is 78.5 Å². The molecule has 0 aromatic heterocycles. The van der Waals surface area contributed by atoms with Crippen LogP contribution in [0.4, 0.5) is 4.79 Å². The largest absolute Gasteiger partial charge is 0.469 e. The van der Waals surface area contributed by atoms with Crippen LogP contribution in [0.1, 0.15) is 86.8 Å². The van der Waals surface area contributed by atoms with Crippen LogP contribution in [0, 0.1) is 12.3 Å². The van der Waals surface area contributed by atoms with Crippen molar-refractivity contribution in [2.75, 3.05) is 27.2 Å². The number of carbonyl (C=O) groups excluding carboxylic acids is 3. The van der Waals surface area contributed by atoms with E-state index in [1.165, 1.54) is 4.90 Å². The fourth-order valence-electron chi connectivity index (χ4n) is 5.10. The maximum Gasteiger partial charge on any atom is 0.338 e. The zero-order valence-corrected chi connectivity index (χ0v) is 24.9. The Balaban J connectivity index is 1.69. The quantitative estimate of drug-likeness (QED) is 0.173. The van der Waals surface area contributed by atoms with Crippen LogP contribution in [0.2, 0.25) is 0 Å². The smallest absolute Gasteiger partial charge is 0.338 e. The Hall–Kier alpha value is -3.39. The molecule has 2 aromatic carbocycles. The van der Waals surface area contributed by atoms with Crippen LogP contribution < -0.4 is 10.1 Å². The monoisotopic (exact) mass is 551 g/mol. The zero-order chi connectivity index (χ0) is 29.3. The molecule has 1 saturated heterocycles. The van der Waals surface area contributed by atoms with Crippen molar-refractivity contribution < 1.29 is 23.9 Å². The van der Waals surface area contributed by atoms with Gasteiger partial charge in [-0.05, 0) is 89.5 Å². The molecule has 0 aliphatic carbocycles. The number of likely N-dealkylation sites (tertiary alicyclic amines) is 1. The van der Waals surface area contributed by atoms with Gasteiger partial charge in [-0.1, -0.05) is 57.0 Å². The highest BCUT2D eigenvalue weighted by Gasteiger charge is 2.63.